The molecule has 1 aromatic heterocycles. The van der Waals surface area contributed by atoms with E-state index in [-0.39, 0.29) is 12.3 Å². The Morgan fingerprint density at radius 2 is 1.77 bits per heavy atom. The van der Waals surface area contributed by atoms with Crippen LogP contribution in [0.4, 0.5) is 0 Å². The van der Waals surface area contributed by atoms with Crippen molar-refractivity contribution in [2.75, 3.05) is 6.61 Å². The van der Waals surface area contributed by atoms with E-state index in [1.807, 2.05) is 0 Å². The van der Waals surface area contributed by atoms with Crippen LogP contribution in [0.5, 0.6) is 0 Å². The van der Waals surface area contributed by atoms with Gasteiger partial charge in [-0.3, -0.25) is 9.59 Å². The summed E-state index contributed by atoms with van der Waals surface area (Å²) < 4.78 is 6.71. The maximum absolute atomic E-state index is 12.4. The van der Waals surface area contributed by atoms with Crippen molar-refractivity contribution in [3.8, 4) is 11.1 Å². The molecule has 0 radical (unpaired) electrons. The molecule has 0 atom stereocenters. The molecule has 1 aromatic carbocycles. The molecule has 1 aliphatic rings. The summed E-state index contributed by atoms with van der Waals surface area (Å²) in [5.41, 5.74) is 2.65. The Morgan fingerprint density at radius 3 is 2.41 bits per heavy atom. The van der Waals surface area contributed by atoms with Crippen LogP contribution in [-0.2, 0) is 11.8 Å². The predicted octanol–water partition coefficient (Wildman–Crippen LogP) is 2.56. The monoisotopic (exact) mass is 297 g/mol. The standard InChI is InChI=1S/C17H15NO4/c1-4-22-17(21)12-9(2)18(3)14-13(12)10-7-5-6-8-11(10)15(19)16(14)20/h5-8H,4H2,1-3H3. The van der Waals surface area contributed by atoms with Crippen LogP contribution in [0.2, 0.25) is 0 Å². The van der Waals surface area contributed by atoms with Crippen LogP contribution in [0.25, 0.3) is 11.1 Å². The number of benzene rings is 1. The molecule has 2 aromatic rings. The predicted molar refractivity (Wildman–Crippen MR) is 80.2 cm³/mol. The van der Waals surface area contributed by atoms with Crippen molar-refractivity contribution >= 4 is 17.5 Å². The third-order valence-electron chi connectivity index (χ3n) is 4.03. The number of aromatic nitrogens is 1. The Morgan fingerprint density at radius 1 is 1.14 bits per heavy atom. The van der Waals surface area contributed by atoms with Gasteiger partial charge in [0.05, 0.1) is 12.2 Å². The molecule has 0 aliphatic heterocycles. The molecule has 0 saturated carbocycles. The van der Waals surface area contributed by atoms with Gasteiger partial charge < -0.3 is 9.30 Å². The third-order valence-corrected chi connectivity index (χ3v) is 4.03. The first-order valence-electron chi connectivity index (χ1n) is 7.03. The van der Waals surface area contributed by atoms with Crippen LogP contribution >= 0.6 is 0 Å². The van der Waals surface area contributed by atoms with Crippen LogP contribution in [0, 0.1) is 6.92 Å². The van der Waals surface area contributed by atoms with Gasteiger partial charge in [-0.05, 0) is 19.4 Å². The van der Waals surface area contributed by atoms with Crippen molar-refractivity contribution in [1.29, 1.82) is 0 Å². The van der Waals surface area contributed by atoms with Crippen LogP contribution < -0.4 is 0 Å². The summed E-state index contributed by atoms with van der Waals surface area (Å²) in [6, 6.07) is 6.84. The van der Waals surface area contributed by atoms with E-state index in [4.69, 9.17) is 4.74 Å². The number of ether oxygens (including phenoxy) is 1. The smallest absolute Gasteiger partial charge is 0.340 e. The number of hydrogen-bond donors (Lipinski definition) is 0. The lowest BCUT2D eigenvalue weighted by molar-refractivity contribution is 0.0526. The van der Waals surface area contributed by atoms with E-state index in [1.165, 1.54) is 0 Å². The minimum absolute atomic E-state index is 0.246. The Kier molecular flexibility index (Phi) is 3.20. The van der Waals surface area contributed by atoms with Gasteiger partial charge >= 0.3 is 5.97 Å². The molecule has 1 aliphatic carbocycles. The minimum Gasteiger partial charge on any atom is -0.462 e. The van der Waals surface area contributed by atoms with Gasteiger partial charge in [0, 0.05) is 23.9 Å². The van der Waals surface area contributed by atoms with Crippen LogP contribution in [0.3, 0.4) is 0 Å². The maximum Gasteiger partial charge on any atom is 0.340 e. The van der Waals surface area contributed by atoms with Gasteiger partial charge in [0.15, 0.2) is 0 Å². The van der Waals surface area contributed by atoms with Crippen molar-refractivity contribution in [3.63, 3.8) is 0 Å². The number of fused-ring (bicyclic) bond motifs is 3. The molecule has 112 valence electrons. The lowest BCUT2D eigenvalue weighted by Gasteiger charge is -2.16. The molecule has 0 fully saturated rings. The Bertz CT molecular complexity index is 829. The highest BCUT2D eigenvalue weighted by Crippen LogP contribution is 2.39. The molecular weight excluding hydrogens is 282 g/mol. The molecule has 0 amide bonds. The zero-order valence-corrected chi connectivity index (χ0v) is 12.6. The quantitative estimate of drug-likeness (QED) is 0.631. The molecule has 1 heterocycles. The summed E-state index contributed by atoms with van der Waals surface area (Å²) >= 11 is 0. The number of ketones is 2. The fourth-order valence-corrected chi connectivity index (χ4v) is 2.91. The minimum atomic E-state index is -0.588. The van der Waals surface area contributed by atoms with E-state index in [0.29, 0.717) is 27.9 Å². The molecule has 0 bridgehead atoms. The molecule has 3 rings (SSSR count). The zero-order chi connectivity index (χ0) is 16.0. The summed E-state index contributed by atoms with van der Waals surface area (Å²) in [5, 5.41) is 0. The van der Waals surface area contributed by atoms with E-state index in [2.05, 4.69) is 0 Å². The van der Waals surface area contributed by atoms with Gasteiger partial charge in [-0.1, -0.05) is 24.3 Å². The van der Waals surface area contributed by atoms with Gasteiger partial charge in [-0.15, -0.1) is 0 Å². The van der Waals surface area contributed by atoms with E-state index in [0.717, 1.165) is 0 Å². The summed E-state index contributed by atoms with van der Waals surface area (Å²) in [7, 11) is 1.68. The highest BCUT2D eigenvalue weighted by Gasteiger charge is 2.38. The first-order valence-corrected chi connectivity index (χ1v) is 7.03. The molecular formula is C17H15NO4. The molecule has 0 N–H and O–H groups in total. The van der Waals surface area contributed by atoms with Crippen molar-refractivity contribution < 1.29 is 19.1 Å². The zero-order valence-electron chi connectivity index (χ0n) is 12.6. The highest BCUT2D eigenvalue weighted by atomic mass is 16.5. The van der Waals surface area contributed by atoms with Gasteiger partial charge in [-0.25, -0.2) is 4.79 Å². The summed E-state index contributed by atoms with van der Waals surface area (Å²) in [6.45, 7) is 3.71. The fraction of sp³-hybridized carbons (Fsp3) is 0.235. The Balaban J connectivity index is 2.39. The molecule has 0 unspecified atom stereocenters. The number of rotatable bonds is 2. The van der Waals surface area contributed by atoms with Crippen LogP contribution in [0.15, 0.2) is 24.3 Å². The Hall–Kier alpha value is -2.69. The first kappa shape index (κ1) is 14.3. The van der Waals surface area contributed by atoms with Gasteiger partial charge in [0.1, 0.15) is 5.69 Å². The second kappa shape index (κ2) is 4.94. The van der Waals surface area contributed by atoms with E-state index in [1.54, 1.807) is 49.7 Å². The lowest BCUT2D eigenvalue weighted by Crippen LogP contribution is -2.23. The Labute approximate surface area is 127 Å². The summed E-state index contributed by atoms with van der Waals surface area (Å²) in [6.07, 6.45) is 0. The molecule has 5 heteroatoms. The highest BCUT2D eigenvalue weighted by molar-refractivity contribution is 6.53. The van der Waals surface area contributed by atoms with E-state index < -0.39 is 17.5 Å². The van der Waals surface area contributed by atoms with E-state index in [9.17, 15) is 14.4 Å². The van der Waals surface area contributed by atoms with Crippen molar-refractivity contribution in [2.24, 2.45) is 7.05 Å². The number of hydrogen-bond acceptors (Lipinski definition) is 4. The third kappa shape index (κ3) is 1.75. The van der Waals surface area contributed by atoms with Gasteiger partial charge in [0.2, 0.25) is 5.78 Å². The van der Waals surface area contributed by atoms with Crippen LogP contribution in [-0.4, -0.2) is 28.7 Å². The number of Topliss-reactive ketones (excluding diaryl/α,β-unsaturated/α-hetero) is 2. The number of carbonyl (C=O) groups is 3. The SMILES string of the molecule is CCOC(=O)c1c2c(n(C)c1C)C(=O)C(=O)c1ccccc1-2. The number of nitrogens with zero attached hydrogens (tertiary/aromatic N) is 1. The first-order chi connectivity index (χ1) is 10.5. The molecule has 5 nitrogen and oxygen atoms in total. The lowest BCUT2D eigenvalue weighted by atomic mass is 9.86. The van der Waals surface area contributed by atoms with Crippen molar-refractivity contribution in [2.45, 2.75) is 13.8 Å². The van der Waals surface area contributed by atoms with E-state index >= 15 is 0 Å². The number of carbonyl (C=O) groups excluding carboxylic acids is 3. The second-order valence-electron chi connectivity index (χ2n) is 5.17. The maximum atomic E-state index is 12.4. The largest absolute Gasteiger partial charge is 0.462 e. The average Bonchev–Trinajstić information content (AvgIpc) is 2.77. The number of esters is 1. The van der Waals surface area contributed by atoms with Gasteiger partial charge in [-0.2, -0.15) is 0 Å². The average molecular weight is 297 g/mol. The summed E-state index contributed by atoms with van der Waals surface area (Å²) in [5.74, 6) is -1.61. The van der Waals surface area contributed by atoms with Gasteiger partial charge in [0.25, 0.3) is 5.78 Å². The fourth-order valence-electron chi connectivity index (χ4n) is 2.91. The summed E-state index contributed by atoms with van der Waals surface area (Å²) in [4.78, 5) is 37.0. The normalized spacial score (nSPS) is 12.9. The second-order valence-corrected chi connectivity index (χ2v) is 5.17. The van der Waals surface area contributed by atoms with Crippen molar-refractivity contribution in [3.05, 3.63) is 46.8 Å². The van der Waals surface area contributed by atoms with Crippen LogP contribution in [0.1, 0.15) is 43.8 Å². The molecule has 0 saturated heterocycles. The van der Waals surface area contributed by atoms with Crippen molar-refractivity contribution in [1.82, 2.24) is 4.57 Å². The topological polar surface area (TPSA) is 65.4 Å². The molecule has 0 spiro atoms. The molecule has 22 heavy (non-hydrogen) atoms.